The predicted molar refractivity (Wildman–Crippen MR) is 83.9 cm³/mol. The summed E-state index contributed by atoms with van der Waals surface area (Å²) in [6.45, 7) is 8.35. The number of nitrogens with one attached hydrogen (secondary N) is 1. The lowest BCUT2D eigenvalue weighted by Gasteiger charge is -2.09. The second-order valence-corrected chi connectivity index (χ2v) is 4.64. The van der Waals surface area contributed by atoms with Crippen LogP contribution in [0, 0.1) is 11.7 Å². The molecular weight excluding hydrogens is 254 g/mol. The Kier molecular flexibility index (Phi) is 5.96. The van der Waals surface area contributed by atoms with E-state index in [0.29, 0.717) is 4.77 Å². The molecule has 2 rings (SSSR count). The Morgan fingerprint density at radius 3 is 2.53 bits per heavy atom. The molecule has 1 N–H and O–H groups in total. The minimum Gasteiger partial charge on any atom is -0.303 e. The molecule has 0 radical (unpaired) electrons. The molecular formula is C15H23N3S. The van der Waals surface area contributed by atoms with Gasteiger partial charge in [-0.3, -0.25) is 5.10 Å². The number of H-pyrrole nitrogens is 1. The van der Waals surface area contributed by atoms with Crippen molar-refractivity contribution in [3.05, 3.63) is 34.1 Å². The summed E-state index contributed by atoms with van der Waals surface area (Å²) in [7, 11) is 1.94. The largest absolute Gasteiger partial charge is 0.303 e. The fraction of sp³-hybridized carbons (Fsp3) is 0.467. The molecule has 0 spiro atoms. The first-order valence-electron chi connectivity index (χ1n) is 6.85. The van der Waals surface area contributed by atoms with Crippen LogP contribution in [0.4, 0.5) is 0 Å². The SMILES string of the molecule is CC.CCCc1cccc(-c2n[nH]c(=S)n2C)c1C. The van der Waals surface area contributed by atoms with E-state index in [4.69, 9.17) is 12.2 Å². The second-order valence-electron chi connectivity index (χ2n) is 4.25. The molecule has 3 nitrogen and oxygen atoms in total. The minimum atomic E-state index is 0.653. The van der Waals surface area contributed by atoms with Gasteiger partial charge in [0.2, 0.25) is 0 Å². The molecule has 0 amide bonds. The van der Waals surface area contributed by atoms with E-state index in [1.54, 1.807) is 0 Å². The van der Waals surface area contributed by atoms with Gasteiger partial charge in [-0.05, 0) is 36.7 Å². The van der Waals surface area contributed by atoms with E-state index < -0.39 is 0 Å². The van der Waals surface area contributed by atoms with Crippen molar-refractivity contribution in [2.45, 2.75) is 40.5 Å². The van der Waals surface area contributed by atoms with Gasteiger partial charge in [-0.2, -0.15) is 5.10 Å². The lowest BCUT2D eigenvalue weighted by Crippen LogP contribution is -1.97. The van der Waals surface area contributed by atoms with Crippen molar-refractivity contribution in [1.82, 2.24) is 14.8 Å². The molecule has 0 fully saturated rings. The second kappa shape index (κ2) is 7.24. The topological polar surface area (TPSA) is 33.6 Å². The van der Waals surface area contributed by atoms with E-state index in [9.17, 15) is 0 Å². The van der Waals surface area contributed by atoms with Crippen LogP contribution in [-0.2, 0) is 13.5 Å². The monoisotopic (exact) mass is 277 g/mol. The van der Waals surface area contributed by atoms with E-state index in [2.05, 4.69) is 42.2 Å². The lowest BCUT2D eigenvalue weighted by atomic mass is 9.99. The Hall–Kier alpha value is -1.42. The van der Waals surface area contributed by atoms with Crippen molar-refractivity contribution in [2.75, 3.05) is 0 Å². The zero-order valence-electron chi connectivity index (χ0n) is 12.4. The van der Waals surface area contributed by atoms with Crippen LogP contribution in [0.5, 0.6) is 0 Å². The van der Waals surface area contributed by atoms with Crippen molar-refractivity contribution in [1.29, 1.82) is 0 Å². The summed E-state index contributed by atoms with van der Waals surface area (Å²) in [5, 5.41) is 7.12. The number of hydrogen-bond donors (Lipinski definition) is 1. The summed E-state index contributed by atoms with van der Waals surface area (Å²) in [6.07, 6.45) is 2.26. The smallest absolute Gasteiger partial charge is 0.195 e. The molecule has 1 aromatic carbocycles. The average molecular weight is 277 g/mol. The van der Waals surface area contributed by atoms with Crippen LogP contribution in [0.2, 0.25) is 0 Å². The van der Waals surface area contributed by atoms with Gasteiger partial charge in [-0.15, -0.1) is 0 Å². The highest BCUT2D eigenvalue weighted by Crippen LogP contribution is 2.24. The van der Waals surface area contributed by atoms with Gasteiger partial charge in [0, 0.05) is 12.6 Å². The molecule has 0 aliphatic rings. The van der Waals surface area contributed by atoms with Crippen LogP contribution < -0.4 is 0 Å². The summed E-state index contributed by atoms with van der Waals surface area (Å²) in [5.41, 5.74) is 3.84. The predicted octanol–water partition coefficient (Wildman–Crippen LogP) is 4.43. The maximum absolute atomic E-state index is 5.15. The Morgan fingerprint density at radius 2 is 2.00 bits per heavy atom. The fourth-order valence-corrected chi connectivity index (χ4v) is 2.19. The van der Waals surface area contributed by atoms with Gasteiger partial charge in [0.15, 0.2) is 10.6 Å². The van der Waals surface area contributed by atoms with Crippen molar-refractivity contribution in [3.8, 4) is 11.4 Å². The van der Waals surface area contributed by atoms with E-state index in [-0.39, 0.29) is 0 Å². The Labute approximate surface area is 120 Å². The molecule has 1 aromatic heterocycles. The van der Waals surface area contributed by atoms with Gasteiger partial charge < -0.3 is 4.57 Å². The molecule has 4 heteroatoms. The number of nitrogens with zero attached hydrogens (tertiary/aromatic N) is 2. The molecule has 0 saturated carbocycles. The molecule has 2 aromatic rings. The third kappa shape index (κ3) is 3.32. The normalized spacial score (nSPS) is 9.95. The Bertz CT molecular complexity index is 581. The highest BCUT2D eigenvalue weighted by Gasteiger charge is 2.10. The zero-order valence-corrected chi connectivity index (χ0v) is 13.3. The maximum Gasteiger partial charge on any atom is 0.195 e. The summed E-state index contributed by atoms with van der Waals surface area (Å²) >= 11 is 5.15. The molecule has 0 bridgehead atoms. The number of hydrogen-bond acceptors (Lipinski definition) is 2. The molecule has 0 aliphatic heterocycles. The number of aromatic amines is 1. The van der Waals surface area contributed by atoms with Crippen LogP contribution in [0.1, 0.15) is 38.3 Å². The Morgan fingerprint density at radius 1 is 1.32 bits per heavy atom. The highest BCUT2D eigenvalue weighted by molar-refractivity contribution is 7.71. The van der Waals surface area contributed by atoms with E-state index in [1.807, 2.05) is 25.5 Å². The van der Waals surface area contributed by atoms with Gasteiger partial charge in [0.05, 0.1) is 0 Å². The van der Waals surface area contributed by atoms with Crippen molar-refractivity contribution in [2.24, 2.45) is 7.05 Å². The number of aromatic nitrogens is 3. The van der Waals surface area contributed by atoms with Crippen LogP contribution in [0.3, 0.4) is 0 Å². The van der Waals surface area contributed by atoms with E-state index in [0.717, 1.165) is 24.2 Å². The summed E-state index contributed by atoms with van der Waals surface area (Å²) in [5.74, 6) is 0.908. The molecule has 104 valence electrons. The molecule has 0 atom stereocenters. The lowest BCUT2D eigenvalue weighted by molar-refractivity contribution is 0.893. The van der Waals surface area contributed by atoms with Gasteiger partial charge in [0.25, 0.3) is 0 Å². The third-order valence-corrected chi connectivity index (χ3v) is 3.45. The molecule has 0 unspecified atom stereocenters. The number of aryl methyl sites for hydroxylation is 1. The zero-order chi connectivity index (χ0) is 14.4. The standard InChI is InChI=1S/C13H17N3S.C2H6/c1-4-6-10-7-5-8-11(9(10)2)12-14-15-13(17)16(12)3;1-2/h5,7-8H,4,6H2,1-3H3,(H,15,17);1-2H3. The molecule has 1 heterocycles. The molecule has 0 saturated heterocycles. The average Bonchev–Trinajstić information content (AvgIpc) is 2.76. The summed E-state index contributed by atoms with van der Waals surface area (Å²) in [4.78, 5) is 0. The number of benzene rings is 1. The van der Waals surface area contributed by atoms with Crippen molar-refractivity contribution in [3.63, 3.8) is 0 Å². The third-order valence-electron chi connectivity index (χ3n) is 3.09. The first-order valence-corrected chi connectivity index (χ1v) is 7.26. The van der Waals surface area contributed by atoms with Crippen LogP contribution >= 0.6 is 12.2 Å². The number of rotatable bonds is 3. The van der Waals surface area contributed by atoms with E-state index >= 15 is 0 Å². The minimum absolute atomic E-state index is 0.653. The van der Waals surface area contributed by atoms with Gasteiger partial charge in [0.1, 0.15) is 0 Å². The maximum atomic E-state index is 5.15. The van der Waals surface area contributed by atoms with Gasteiger partial charge in [-0.1, -0.05) is 45.4 Å². The van der Waals surface area contributed by atoms with Crippen molar-refractivity contribution >= 4 is 12.2 Å². The van der Waals surface area contributed by atoms with Crippen molar-refractivity contribution < 1.29 is 0 Å². The van der Waals surface area contributed by atoms with E-state index in [1.165, 1.54) is 11.1 Å². The molecule has 19 heavy (non-hydrogen) atoms. The van der Waals surface area contributed by atoms with Gasteiger partial charge in [-0.25, -0.2) is 0 Å². The van der Waals surface area contributed by atoms with Crippen LogP contribution in [0.25, 0.3) is 11.4 Å². The van der Waals surface area contributed by atoms with Crippen LogP contribution in [-0.4, -0.2) is 14.8 Å². The van der Waals surface area contributed by atoms with Crippen LogP contribution in [0.15, 0.2) is 18.2 Å². The quantitative estimate of drug-likeness (QED) is 0.842. The summed E-state index contributed by atoms with van der Waals surface area (Å²) in [6, 6.07) is 6.37. The first-order chi connectivity index (χ1) is 9.15. The van der Waals surface area contributed by atoms with Gasteiger partial charge >= 0.3 is 0 Å². The Balaban J connectivity index is 0.000000861. The first kappa shape index (κ1) is 15.6. The highest BCUT2D eigenvalue weighted by atomic mass is 32.1. The summed E-state index contributed by atoms with van der Waals surface area (Å²) < 4.78 is 2.56. The fourth-order valence-electron chi connectivity index (χ4n) is 2.05. The molecule has 0 aliphatic carbocycles.